The molecule has 0 saturated carbocycles. The molecule has 19 heavy (non-hydrogen) atoms. The number of carbonyl (C=O) groups excluding carboxylic acids is 1. The molecule has 5 heteroatoms. The third-order valence-corrected chi connectivity index (χ3v) is 4.12. The van der Waals surface area contributed by atoms with E-state index >= 15 is 0 Å². The van der Waals surface area contributed by atoms with Crippen LogP contribution in [0.2, 0.25) is 0 Å². The number of nitrogens with two attached hydrogens (primary N) is 1. The molecule has 1 saturated heterocycles. The van der Waals surface area contributed by atoms with Crippen molar-refractivity contribution in [1.82, 2.24) is 4.90 Å². The van der Waals surface area contributed by atoms with Gasteiger partial charge in [-0.05, 0) is 30.7 Å². The molecular formula is C14H26N2O3. The number of likely N-dealkylation sites (tertiary alicyclic amines) is 1. The molecule has 0 aromatic rings. The van der Waals surface area contributed by atoms with Gasteiger partial charge >= 0.3 is 5.97 Å². The lowest BCUT2D eigenvalue weighted by Crippen LogP contribution is -2.31. The smallest absolute Gasteiger partial charge is 0.308 e. The van der Waals surface area contributed by atoms with Crippen LogP contribution in [0, 0.1) is 17.3 Å². The van der Waals surface area contributed by atoms with Gasteiger partial charge in [-0.1, -0.05) is 20.8 Å². The summed E-state index contributed by atoms with van der Waals surface area (Å²) in [6.45, 7) is 7.66. The molecule has 0 aromatic carbocycles. The molecule has 0 aliphatic carbocycles. The van der Waals surface area contributed by atoms with Crippen molar-refractivity contribution in [2.75, 3.05) is 19.6 Å². The van der Waals surface area contributed by atoms with E-state index in [4.69, 9.17) is 10.8 Å². The van der Waals surface area contributed by atoms with Crippen molar-refractivity contribution in [2.24, 2.45) is 23.0 Å². The minimum absolute atomic E-state index is 0.0403. The lowest BCUT2D eigenvalue weighted by molar-refractivity contribution is -0.142. The first-order chi connectivity index (χ1) is 8.76. The summed E-state index contributed by atoms with van der Waals surface area (Å²) in [6.07, 6.45) is 2.17. The summed E-state index contributed by atoms with van der Waals surface area (Å²) >= 11 is 0. The van der Waals surface area contributed by atoms with Crippen LogP contribution in [0.25, 0.3) is 0 Å². The van der Waals surface area contributed by atoms with Crippen molar-refractivity contribution >= 4 is 11.9 Å². The minimum Gasteiger partial charge on any atom is -0.481 e. The highest BCUT2D eigenvalue weighted by molar-refractivity contribution is 5.79. The SMILES string of the molecule is CC1CN(C(=O)CCC(C)(C)CCN)CC1C(=O)O. The highest BCUT2D eigenvalue weighted by Crippen LogP contribution is 2.28. The lowest BCUT2D eigenvalue weighted by atomic mass is 9.84. The van der Waals surface area contributed by atoms with Crippen LogP contribution in [0.3, 0.4) is 0 Å². The van der Waals surface area contributed by atoms with Gasteiger partial charge in [0.05, 0.1) is 5.92 Å². The molecule has 1 amide bonds. The third kappa shape index (κ3) is 4.49. The maximum absolute atomic E-state index is 12.1. The van der Waals surface area contributed by atoms with Crippen LogP contribution in [0.15, 0.2) is 0 Å². The van der Waals surface area contributed by atoms with Crippen molar-refractivity contribution in [2.45, 2.75) is 40.0 Å². The van der Waals surface area contributed by atoms with Gasteiger partial charge in [-0.2, -0.15) is 0 Å². The fraction of sp³-hybridized carbons (Fsp3) is 0.857. The van der Waals surface area contributed by atoms with Crippen molar-refractivity contribution in [1.29, 1.82) is 0 Å². The molecular weight excluding hydrogens is 244 g/mol. The molecule has 3 N–H and O–H groups in total. The summed E-state index contributed by atoms with van der Waals surface area (Å²) < 4.78 is 0. The first kappa shape index (κ1) is 16.0. The molecule has 1 fully saturated rings. The van der Waals surface area contributed by atoms with E-state index in [1.807, 2.05) is 6.92 Å². The Hall–Kier alpha value is -1.10. The molecule has 1 aliphatic heterocycles. The molecule has 2 unspecified atom stereocenters. The van der Waals surface area contributed by atoms with Crippen molar-refractivity contribution < 1.29 is 14.7 Å². The number of carboxylic acids is 1. The van der Waals surface area contributed by atoms with Gasteiger partial charge in [0.2, 0.25) is 5.91 Å². The van der Waals surface area contributed by atoms with Gasteiger partial charge in [0.1, 0.15) is 0 Å². The summed E-state index contributed by atoms with van der Waals surface area (Å²) in [6, 6.07) is 0. The van der Waals surface area contributed by atoms with E-state index in [0.29, 0.717) is 26.1 Å². The second kappa shape index (κ2) is 6.37. The average molecular weight is 270 g/mol. The number of hydrogen-bond donors (Lipinski definition) is 2. The topological polar surface area (TPSA) is 83.6 Å². The van der Waals surface area contributed by atoms with Crippen LogP contribution >= 0.6 is 0 Å². The van der Waals surface area contributed by atoms with Gasteiger partial charge in [0.15, 0.2) is 0 Å². The van der Waals surface area contributed by atoms with Gasteiger partial charge in [-0.25, -0.2) is 0 Å². The predicted molar refractivity (Wildman–Crippen MR) is 73.6 cm³/mol. The van der Waals surface area contributed by atoms with Crippen molar-refractivity contribution in [3.05, 3.63) is 0 Å². The molecule has 1 aliphatic rings. The largest absolute Gasteiger partial charge is 0.481 e. The number of aliphatic carboxylic acids is 1. The van der Waals surface area contributed by atoms with Gasteiger partial charge < -0.3 is 15.7 Å². The molecule has 110 valence electrons. The average Bonchev–Trinajstić information content (AvgIpc) is 2.68. The Balaban J connectivity index is 2.45. The predicted octanol–water partition coefficient (Wildman–Crippen LogP) is 1.32. The van der Waals surface area contributed by atoms with E-state index in [0.717, 1.165) is 12.8 Å². The maximum atomic E-state index is 12.1. The van der Waals surface area contributed by atoms with Crippen LogP contribution in [0.5, 0.6) is 0 Å². The summed E-state index contributed by atoms with van der Waals surface area (Å²) in [5, 5.41) is 9.06. The monoisotopic (exact) mass is 270 g/mol. The number of nitrogens with zero attached hydrogens (tertiary/aromatic N) is 1. The molecule has 1 heterocycles. The maximum Gasteiger partial charge on any atom is 0.308 e. The number of carbonyl (C=O) groups is 2. The Morgan fingerprint density at radius 1 is 1.32 bits per heavy atom. The number of hydrogen-bond acceptors (Lipinski definition) is 3. The third-order valence-electron chi connectivity index (χ3n) is 4.12. The van der Waals surface area contributed by atoms with Crippen LogP contribution in [0.1, 0.15) is 40.0 Å². The fourth-order valence-electron chi connectivity index (χ4n) is 2.61. The zero-order chi connectivity index (χ0) is 14.6. The van der Waals surface area contributed by atoms with E-state index in [1.165, 1.54) is 0 Å². The Kier molecular flexibility index (Phi) is 5.35. The van der Waals surface area contributed by atoms with Gasteiger partial charge in [0.25, 0.3) is 0 Å². The minimum atomic E-state index is -0.800. The van der Waals surface area contributed by atoms with Gasteiger partial charge in [-0.3, -0.25) is 9.59 Å². The zero-order valence-corrected chi connectivity index (χ0v) is 12.2. The summed E-state index contributed by atoms with van der Waals surface area (Å²) in [5.41, 5.74) is 5.62. The van der Waals surface area contributed by atoms with Crippen LogP contribution < -0.4 is 5.73 Å². The first-order valence-corrected chi connectivity index (χ1v) is 6.97. The zero-order valence-electron chi connectivity index (χ0n) is 12.2. The van der Waals surface area contributed by atoms with Crippen LogP contribution in [0.4, 0.5) is 0 Å². The summed E-state index contributed by atoms with van der Waals surface area (Å²) in [4.78, 5) is 24.8. The highest BCUT2D eigenvalue weighted by atomic mass is 16.4. The number of amides is 1. The fourth-order valence-corrected chi connectivity index (χ4v) is 2.61. The van der Waals surface area contributed by atoms with Crippen LogP contribution in [-0.2, 0) is 9.59 Å². The molecule has 0 bridgehead atoms. The number of carboxylic acid groups (broad SMARTS) is 1. The second-order valence-electron chi connectivity index (χ2n) is 6.42. The summed E-state index contributed by atoms with van der Waals surface area (Å²) in [5.74, 6) is -1.11. The Bertz CT molecular complexity index is 342. The molecule has 0 spiro atoms. The van der Waals surface area contributed by atoms with E-state index in [2.05, 4.69) is 13.8 Å². The van der Waals surface area contributed by atoms with Gasteiger partial charge in [-0.15, -0.1) is 0 Å². The molecule has 0 aromatic heterocycles. The molecule has 5 nitrogen and oxygen atoms in total. The first-order valence-electron chi connectivity index (χ1n) is 6.97. The molecule has 0 radical (unpaired) electrons. The quantitative estimate of drug-likeness (QED) is 0.762. The molecule has 1 rings (SSSR count). The Morgan fingerprint density at radius 2 is 1.95 bits per heavy atom. The standard InChI is InChI=1S/C14H26N2O3/c1-10-8-16(9-11(10)13(18)19)12(17)4-5-14(2,3)6-7-15/h10-11H,4-9,15H2,1-3H3,(H,18,19). The van der Waals surface area contributed by atoms with E-state index < -0.39 is 11.9 Å². The van der Waals surface area contributed by atoms with E-state index in [1.54, 1.807) is 4.90 Å². The highest BCUT2D eigenvalue weighted by Gasteiger charge is 2.36. The normalized spacial score (nSPS) is 23.7. The lowest BCUT2D eigenvalue weighted by Gasteiger charge is -2.25. The second-order valence-corrected chi connectivity index (χ2v) is 6.42. The summed E-state index contributed by atoms with van der Waals surface area (Å²) in [7, 11) is 0. The van der Waals surface area contributed by atoms with Crippen molar-refractivity contribution in [3.8, 4) is 0 Å². The Morgan fingerprint density at radius 3 is 2.42 bits per heavy atom. The molecule has 2 atom stereocenters. The van der Waals surface area contributed by atoms with E-state index in [9.17, 15) is 9.59 Å². The van der Waals surface area contributed by atoms with Crippen LogP contribution in [-0.4, -0.2) is 41.5 Å². The van der Waals surface area contributed by atoms with Gasteiger partial charge in [0, 0.05) is 19.5 Å². The van der Waals surface area contributed by atoms with E-state index in [-0.39, 0.29) is 17.2 Å². The Labute approximate surface area is 115 Å². The number of rotatable bonds is 6. The van der Waals surface area contributed by atoms with Crippen molar-refractivity contribution in [3.63, 3.8) is 0 Å².